The van der Waals surface area contributed by atoms with Crippen LogP contribution in [0.2, 0.25) is 0 Å². The van der Waals surface area contributed by atoms with Crippen LogP contribution in [0.5, 0.6) is 11.5 Å². The van der Waals surface area contributed by atoms with Crippen LogP contribution in [0.15, 0.2) is 54.7 Å². The minimum atomic E-state index is -0.329. The SMILES string of the molecule is COc1ccc(N2CC(C(=O)N3CCN(Cc4cccc5cccnc45)CC3)CC2=O)cc1OC. The van der Waals surface area contributed by atoms with Gasteiger partial charge in [0.25, 0.3) is 0 Å². The first-order valence-corrected chi connectivity index (χ1v) is 11.9. The molecular weight excluding hydrogens is 444 g/mol. The number of hydrogen-bond donors (Lipinski definition) is 0. The Morgan fingerprint density at radius 2 is 1.77 bits per heavy atom. The predicted molar refractivity (Wildman–Crippen MR) is 134 cm³/mol. The average molecular weight is 475 g/mol. The van der Waals surface area contributed by atoms with Crippen molar-refractivity contribution in [2.45, 2.75) is 13.0 Å². The van der Waals surface area contributed by atoms with Gasteiger partial charge in [0, 0.05) is 69.0 Å². The minimum Gasteiger partial charge on any atom is -0.493 e. The van der Waals surface area contributed by atoms with Crippen LogP contribution in [0.25, 0.3) is 10.9 Å². The minimum absolute atomic E-state index is 0.0438. The van der Waals surface area contributed by atoms with Gasteiger partial charge in [-0.1, -0.05) is 24.3 Å². The van der Waals surface area contributed by atoms with Gasteiger partial charge in [-0.05, 0) is 23.8 Å². The van der Waals surface area contributed by atoms with E-state index < -0.39 is 0 Å². The standard InChI is InChI=1S/C27H30N4O4/c1-34-23-9-8-22(16-24(23)35-2)31-18-21(15-25(31)32)27(33)30-13-11-29(12-14-30)17-20-6-3-5-19-7-4-10-28-26(19)20/h3-10,16,21H,11-15,17-18H2,1-2H3. The van der Waals surface area contributed by atoms with Crippen LogP contribution in [-0.2, 0) is 16.1 Å². The molecule has 2 saturated heterocycles. The Labute approximate surface area is 205 Å². The van der Waals surface area contributed by atoms with Crippen LogP contribution in [0, 0.1) is 5.92 Å². The van der Waals surface area contributed by atoms with Crippen molar-refractivity contribution in [3.8, 4) is 11.5 Å². The third-order valence-electron chi connectivity index (χ3n) is 6.95. The zero-order valence-electron chi connectivity index (χ0n) is 20.1. The number of pyridine rings is 1. The summed E-state index contributed by atoms with van der Waals surface area (Å²) in [6.07, 6.45) is 2.06. The molecule has 8 heteroatoms. The largest absolute Gasteiger partial charge is 0.493 e. The van der Waals surface area contributed by atoms with Crippen molar-refractivity contribution in [3.05, 3.63) is 60.3 Å². The predicted octanol–water partition coefficient (Wildman–Crippen LogP) is 2.95. The lowest BCUT2D eigenvalue weighted by Crippen LogP contribution is -2.50. The molecule has 2 amide bonds. The van der Waals surface area contributed by atoms with Gasteiger partial charge >= 0.3 is 0 Å². The molecule has 0 aliphatic carbocycles. The van der Waals surface area contributed by atoms with Gasteiger partial charge in [0.2, 0.25) is 11.8 Å². The number of carbonyl (C=O) groups is 2. The number of benzene rings is 2. The fourth-order valence-corrected chi connectivity index (χ4v) is 5.04. The first kappa shape index (κ1) is 23.1. The van der Waals surface area contributed by atoms with E-state index >= 15 is 0 Å². The number of rotatable bonds is 6. The van der Waals surface area contributed by atoms with Crippen LogP contribution in [0.1, 0.15) is 12.0 Å². The first-order valence-electron chi connectivity index (χ1n) is 11.9. The molecular formula is C27H30N4O4. The van der Waals surface area contributed by atoms with E-state index in [1.54, 1.807) is 31.3 Å². The lowest BCUT2D eigenvalue weighted by atomic mass is 10.1. The van der Waals surface area contributed by atoms with E-state index in [0.29, 0.717) is 31.1 Å². The van der Waals surface area contributed by atoms with Crippen molar-refractivity contribution in [2.75, 3.05) is 51.8 Å². The van der Waals surface area contributed by atoms with Crippen LogP contribution in [-0.4, -0.2) is 73.5 Å². The number of para-hydroxylation sites is 1. The molecule has 0 radical (unpaired) electrons. The van der Waals surface area contributed by atoms with E-state index in [9.17, 15) is 9.59 Å². The highest BCUT2D eigenvalue weighted by molar-refractivity contribution is 6.00. The van der Waals surface area contributed by atoms with E-state index in [1.165, 1.54) is 5.56 Å². The number of fused-ring (bicyclic) bond motifs is 1. The van der Waals surface area contributed by atoms with E-state index in [4.69, 9.17) is 9.47 Å². The number of hydrogen-bond acceptors (Lipinski definition) is 6. The summed E-state index contributed by atoms with van der Waals surface area (Å²) in [4.78, 5) is 36.5. The second-order valence-electron chi connectivity index (χ2n) is 9.04. The van der Waals surface area contributed by atoms with Gasteiger partial charge in [-0.25, -0.2) is 0 Å². The Kier molecular flexibility index (Phi) is 6.55. The summed E-state index contributed by atoms with van der Waals surface area (Å²) in [5.41, 5.74) is 2.96. The van der Waals surface area contributed by atoms with Crippen molar-refractivity contribution in [1.29, 1.82) is 0 Å². The third-order valence-corrected chi connectivity index (χ3v) is 6.95. The zero-order chi connectivity index (χ0) is 24.4. The highest BCUT2D eigenvalue weighted by atomic mass is 16.5. The Morgan fingerprint density at radius 3 is 2.54 bits per heavy atom. The van der Waals surface area contributed by atoms with Gasteiger partial charge in [0.15, 0.2) is 11.5 Å². The van der Waals surface area contributed by atoms with E-state index in [0.717, 1.165) is 36.2 Å². The summed E-state index contributed by atoms with van der Waals surface area (Å²) in [6, 6.07) is 15.7. The van der Waals surface area contributed by atoms with Crippen molar-refractivity contribution in [1.82, 2.24) is 14.8 Å². The van der Waals surface area contributed by atoms with E-state index in [-0.39, 0.29) is 24.2 Å². The lowest BCUT2D eigenvalue weighted by molar-refractivity contribution is -0.137. The molecule has 0 bridgehead atoms. The number of anilines is 1. The van der Waals surface area contributed by atoms with Gasteiger partial charge < -0.3 is 19.3 Å². The molecule has 35 heavy (non-hydrogen) atoms. The molecule has 2 aliphatic rings. The molecule has 182 valence electrons. The Balaban J connectivity index is 1.19. The number of amides is 2. The third kappa shape index (κ3) is 4.66. The molecule has 2 fully saturated rings. The Morgan fingerprint density at radius 1 is 1.00 bits per heavy atom. The highest BCUT2D eigenvalue weighted by Gasteiger charge is 2.38. The molecule has 2 aromatic carbocycles. The molecule has 8 nitrogen and oxygen atoms in total. The molecule has 2 aliphatic heterocycles. The molecule has 0 saturated carbocycles. The molecule has 0 N–H and O–H groups in total. The second kappa shape index (κ2) is 9.92. The molecule has 0 spiro atoms. The fraction of sp³-hybridized carbons (Fsp3) is 0.370. The van der Waals surface area contributed by atoms with Gasteiger partial charge in [-0.2, -0.15) is 0 Å². The fourth-order valence-electron chi connectivity index (χ4n) is 5.04. The molecule has 1 unspecified atom stereocenters. The summed E-state index contributed by atoms with van der Waals surface area (Å²) in [6.45, 7) is 4.13. The van der Waals surface area contributed by atoms with Crippen LogP contribution < -0.4 is 14.4 Å². The first-order chi connectivity index (χ1) is 17.1. The summed E-state index contributed by atoms with van der Waals surface area (Å²) in [5.74, 6) is 0.854. The zero-order valence-corrected chi connectivity index (χ0v) is 20.1. The Bertz CT molecular complexity index is 1230. The number of aromatic nitrogens is 1. The lowest BCUT2D eigenvalue weighted by Gasteiger charge is -2.36. The normalized spacial score (nSPS) is 18.8. The van der Waals surface area contributed by atoms with Crippen LogP contribution in [0.3, 0.4) is 0 Å². The van der Waals surface area contributed by atoms with Crippen molar-refractivity contribution < 1.29 is 19.1 Å². The topological polar surface area (TPSA) is 75.2 Å². The number of carbonyl (C=O) groups excluding carboxylic acids is 2. The molecule has 3 aromatic rings. The Hall–Kier alpha value is -3.65. The van der Waals surface area contributed by atoms with Crippen molar-refractivity contribution in [2.24, 2.45) is 5.92 Å². The average Bonchev–Trinajstić information content (AvgIpc) is 3.30. The van der Waals surface area contributed by atoms with E-state index in [2.05, 4.69) is 34.1 Å². The maximum atomic E-state index is 13.3. The van der Waals surface area contributed by atoms with Crippen molar-refractivity contribution >= 4 is 28.4 Å². The maximum absolute atomic E-state index is 13.3. The smallest absolute Gasteiger partial charge is 0.228 e. The van der Waals surface area contributed by atoms with Crippen LogP contribution >= 0.6 is 0 Å². The quantitative estimate of drug-likeness (QED) is 0.547. The van der Waals surface area contributed by atoms with Gasteiger partial charge in [-0.15, -0.1) is 0 Å². The van der Waals surface area contributed by atoms with Gasteiger partial charge in [-0.3, -0.25) is 19.5 Å². The summed E-state index contributed by atoms with van der Waals surface area (Å²) >= 11 is 0. The number of nitrogens with zero attached hydrogens (tertiary/aromatic N) is 4. The highest BCUT2D eigenvalue weighted by Crippen LogP contribution is 2.34. The number of piperazine rings is 1. The van der Waals surface area contributed by atoms with Gasteiger partial charge in [0.1, 0.15) is 0 Å². The monoisotopic (exact) mass is 474 g/mol. The summed E-state index contributed by atoms with van der Waals surface area (Å²) in [7, 11) is 3.14. The number of methoxy groups -OCH3 is 2. The van der Waals surface area contributed by atoms with Crippen molar-refractivity contribution in [3.63, 3.8) is 0 Å². The molecule has 5 rings (SSSR count). The molecule has 1 atom stereocenters. The molecule has 3 heterocycles. The maximum Gasteiger partial charge on any atom is 0.228 e. The summed E-state index contributed by atoms with van der Waals surface area (Å²) < 4.78 is 10.7. The summed E-state index contributed by atoms with van der Waals surface area (Å²) in [5, 5.41) is 1.14. The van der Waals surface area contributed by atoms with Gasteiger partial charge in [0.05, 0.1) is 25.7 Å². The van der Waals surface area contributed by atoms with Crippen LogP contribution in [0.4, 0.5) is 5.69 Å². The van der Waals surface area contributed by atoms with E-state index in [1.807, 2.05) is 23.2 Å². The second-order valence-corrected chi connectivity index (χ2v) is 9.04. The number of ether oxygens (including phenoxy) is 2. The molecule has 1 aromatic heterocycles.